The maximum absolute atomic E-state index is 13.9. The minimum atomic E-state index is -1.01. The molecule has 26 heavy (non-hydrogen) atoms. The van der Waals surface area contributed by atoms with Crippen molar-refractivity contribution in [2.24, 2.45) is 0 Å². The number of carboxylic acids is 1. The molecule has 0 amide bonds. The summed E-state index contributed by atoms with van der Waals surface area (Å²) in [5.74, 6) is -2.49. The van der Waals surface area contributed by atoms with Crippen LogP contribution in [0.1, 0.15) is 16.7 Å². The summed E-state index contributed by atoms with van der Waals surface area (Å²) >= 11 is 0. The predicted molar refractivity (Wildman–Crippen MR) is 96.7 cm³/mol. The topological polar surface area (TPSA) is 49.3 Å². The monoisotopic (exact) mass is 353 g/mol. The molecule has 0 radical (unpaired) electrons. The minimum absolute atomic E-state index is 0.249. The van der Waals surface area contributed by atoms with E-state index in [0.29, 0.717) is 17.7 Å². The number of hydrogen-bond donors (Lipinski definition) is 2. The second kappa shape index (κ2) is 7.78. The van der Waals surface area contributed by atoms with Gasteiger partial charge in [-0.15, -0.1) is 0 Å². The maximum Gasteiger partial charge on any atom is 0.307 e. The van der Waals surface area contributed by atoms with Crippen LogP contribution in [0.3, 0.4) is 0 Å². The maximum atomic E-state index is 13.9. The second-order valence-electron chi connectivity index (χ2n) is 5.95. The van der Waals surface area contributed by atoms with E-state index in [1.54, 1.807) is 12.1 Å². The molecule has 0 aliphatic heterocycles. The van der Waals surface area contributed by atoms with Gasteiger partial charge in [-0.2, -0.15) is 0 Å². The number of rotatable bonds is 6. The van der Waals surface area contributed by atoms with Crippen molar-refractivity contribution < 1.29 is 18.7 Å². The van der Waals surface area contributed by atoms with Crippen LogP contribution in [0.15, 0.2) is 66.7 Å². The number of halogens is 2. The number of benzene rings is 3. The molecule has 0 unspecified atom stereocenters. The Balaban J connectivity index is 1.93. The molecule has 0 spiro atoms. The Kier molecular flexibility index (Phi) is 5.27. The smallest absolute Gasteiger partial charge is 0.307 e. The number of hydrogen-bond acceptors (Lipinski definition) is 2. The SMILES string of the molecule is O=C(O)Cc1cc(Cc2ccccc2)ccc1Nc1c(F)cccc1F. The van der Waals surface area contributed by atoms with Gasteiger partial charge in [0, 0.05) is 5.69 Å². The summed E-state index contributed by atoms with van der Waals surface area (Å²) in [6, 6.07) is 18.6. The lowest BCUT2D eigenvalue weighted by atomic mass is 10.00. The van der Waals surface area contributed by atoms with Gasteiger partial charge in [-0.25, -0.2) is 8.78 Å². The molecule has 0 atom stereocenters. The molecular formula is C21H17F2NO2. The fourth-order valence-electron chi connectivity index (χ4n) is 2.77. The van der Waals surface area contributed by atoms with Gasteiger partial charge in [0.15, 0.2) is 0 Å². The quantitative estimate of drug-likeness (QED) is 0.661. The van der Waals surface area contributed by atoms with Crippen LogP contribution in [0, 0.1) is 11.6 Å². The average Bonchev–Trinajstić information content (AvgIpc) is 2.60. The minimum Gasteiger partial charge on any atom is -0.481 e. The lowest BCUT2D eigenvalue weighted by molar-refractivity contribution is -0.136. The van der Waals surface area contributed by atoms with E-state index in [4.69, 9.17) is 0 Å². The molecular weight excluding hydrogens is 336 g/mol. The van der Waals surface area contributed by atoms with Gasteiger partial charge in [0.2, 0.25) is 0 Å². The number of aliphatic carboxylic acids is 1. The molecule has 0 bridgehead atoms. The van der Waals surface area contributed by atoms with E-state index in [9.17, 15) is 18.7 Å². The molecule has 0 saturated carbocycles. The highest BCUT2D eigenvalue weighted by Crippen LogP contribution is 2.27. The highest BCUT2D eigenvalue weighted by atomic mass is 19.1. The van der Waals surface area contributed by atoms with Gasteiger partial charge in [0.05, 0.1) is 6.42 Å². The van der Waals surface area contributed by atoms with E-state index >= 15 is 0 Å². The normalized spacial score (nSPS) is 10.5. The van der Waals surface area contributed by atoms with E-state index in [2.05, 4.69) is 5.32 Å². The van der Waals surface area contributed by atoms with Crippen LogP contribution in [0.5, 0.6) is 0 Å². The Morgan fingerprint density at radius 2 is 1.58 bits per heavy atom. The molecule has 0 aliphatic rings. The Labute approximate surface area is 149 Å². The van der Waals surface area contributed by atoms with Crippen LogP contribution in [-0.2, 0) is 17.6 Å². The summed E-state index contributed by atoms with van der Waals surface area (Å²) in [4.78, 5) is 11.2. The highest BCUT2D eigenvalue weighted by molar-refractivity contribution is 5.75. The molecule has 0 aliphatic carbocycles. The Hall–Kier alpha value is -3.21. The van der Waals surface area contributed by atoms with Crippen molar-refractivity contribution >= 4 is 17.3 Å². The van der Waals surface area contributed by atoms with Crippen LogP contribution < -0.4 is 5.32 Å². The van der Waals surface area contributed by atoms with Crippen molar-refractivity contribution in [3.05, 3.63) is 95.1 Å². The summed E-state index contributed by atoms with van der Waals surface area (Å²) in [5, 5.41) is 11.9. The average molecular weight is 353 g/mol. The molecule has 3 aromatic rings. The fourth-order valence-corrected chi connectivity index (χ4v) is 2.77. The van der Waals surface area contributed by atoms with Crippen LogP contribution in [0.4, 0.5) is 20.2 Å². The van der Waals surface area contributed by atoms with Crippen LogP contribution >= 0.6 is 0 Å². The largest absolute Gasteiger partial charge is 0.481 e. The van der Waals surface area contributed by atoms with E-state index in [0.717, 1.165) is 23.3 Å². The number of anilines is 2. The van der Waals surface area contributed by atoms with Crippen molar-refractivity contribution in [2.45, 2.75) is 12.8 Å². The van der Waals surface area contributed by atoms with Gasteiger partial charge < -0.3 is 10.4 Å². The molecule has 0 heterocycles. The molecule has 5 heteroatoms. The fraction of sp³-hybridized carbons (Fsp3) is 0.0952. The van der Waals surface area contributed by atoms with E-state index in [1.807, 2.05) is 36.4 Å². The molecule has 2 N–H and O–H groups in total. The van der Waals surface area contributed by atoms with Crippen LogP contribution in [0.25, 0.3) is 0 Å². The first-order chi connectivity index (χ1) is 12.5. The first-order valence-corrected chi connectivity index (χ1v) is 8.11. The Bertz CT molecular complexity index is 906. The third kappa shape index (κ3) is 4.25. The van der Waals surface area contributed by atoms with E-state index < -0.39 is 17.6 Å². The summed E-state index contributed by atoms with van der Waals surface area (Å²) in [6.45, 7) is 0. The summed E-state index contributed by atoms with van der Waals surface area (Å²) in [5.41, 5.74) is 2.55. The van der Waals surface area contributed by atoms with Crippen LogP contribution in [0.2, 0.25) is 0 Å². The van der Waals surface area contributed by atoms with Gasteiger partial charge in [0.25, 0.3) is 0 Å². The number of carbonyl (C=O) groups is 1. The summed E-state index contributed by atoms with van der Waals surface area (Å²) in [7, 11) is 0. The van der Waals surface area contributed by atoms with E-state index in [-0.39, 0.29) is 12.1 Å². The van der Waals surface area contributed by atoms with Gasteiger partial charge in [0.1, 0.15) is 17.3 Å². The van der Waals surface area contributed by atoms with Gasteiger partial charge in [-0.05, 0) is 41.3 Å². The van der Waals surface area contributed by atoms with Crippen molar-refractivity contribution in [3.63, 3.8) is 0 Å². The Morgan fingerprint density at radius 1 is 0.885 bits per heavy atom. The van der Waals surface area contributed by atoms with Gasteiger partial charge in [-0.3, -0.25) is 4.79 Å². The first-order valence-electron chi connectivity index (χ1n) is 8.11. The van der Waals surface area contributed by atoms with Crippen molar-refractivity contribution in [2.75, 3.05) is 5.32 Å². The standard InChI is InChI=1S/C21H17F2NO2/c22-17-7-4-8-18(23)21(17)24-19-10-9-15(12-16(19)13-20(25)26)11-14-5-2-1-3-6-14/h1-10,12,24H,11,13H2,(H,25,26). The van der Waals surface area contributed by atoms with Gasteiger partial charge >= 0.3 is 5.97 Å². The lowest BCUT2D eigenvalue weighted by Gasteiger charge is -2.14. The summed E-state index contributed by atoms with van der Waals surface area (Å²) in [6.07, 6.45) is 0.392. The Morgan fingerprint density at radius 3 is 2.23 bits per heavy atom. The van der Waals surface area contributed by atoms with Crippen molar-refractivity contribution in [1.29, 1.82) is 0 Å². The molecule has 3 nitrogen and oxygen atoms in total. The molecule has 3 aromatic carbocycles. The predicted octanol–water partition coefficient (Wildman–Crippen LogP) is 4.93. The second-order valence-corrected chi connectivity index (χ2v) is 5.95. The molecule has 0 saturated heterocycles. The third-order valence-corrected chi connectivity index (χ3v) is 3.98. The highest BCUT2D eigenvalue weighted by Gasteiger charge is 2.13. The third-order valence-electron chi connectivity index (χ3n) is 3.98. The summed E-state index contributed by atoms with van der Waals surface area (Å²) < 4.78 is 27.8. The van der Waals surface area contributed by atoms with E-state index in [1.165, 1.54) is 6.07 Å². The number of nitrogens with one attached hydrogen (secondary N) is 1. The lowest BCUT2D eigenvalue weighted by Crippen LogP contribution is -2.06. The molecule has 0 aromatic heterocycles. The molecule has 0 fully saturated rings. The zero-order chi connectivity index (χ0) is 18.5. The van der Waals surface area contributed by atoms with Gasteiger partial charge in [-0.1, -0.05) is 48.5 Å². The molecule has 132 valence electrons. The van der Waals surface area contributed by atoms with Crippen LogP contribution in [-0.4, -0.2) is 11.1 Å². The van der Waals surface area contributed by atoms with Crippen molar-refractivity contribution in [1.82, 2.24) is 0 Å². The first kappa shape index (κ1) is 17.6. The van der Waals surface area contributed by atoms with Crippen molar-refractivity contribution in [3.8, 4) is 0 Å². The molecule has 3 rings (SSSR count). The number of carboxylic acid groups (broad SMARTS) is 1. The zero-order valence-corrected chi connectivity index (χ0v) is 13.9. The zero-order valence-electron chi connectivity index (χ0n) is 13.9. The number of para-hydroxylation sites is 1.